The largest absolute Gasteiger partial charge is 0.508 e. The molecule has 1 N–H and O–H groups in total. The monoisotopic (exact) mass is 276 g/mol. The van der Waals surface area contributed by atoms with E-state index in [2.05, 4.69) is 12.1 Å². The van der Waals surface area contributed by atoms with Crippen molar-refractivity contribution in [2.75, 3.05) is 0 Å². The summed E-state index contributed by atoms with van der Waals surface area (Å²) in [5, 5.41) is 9.48. The lowest BCUT2D eigenvalue weighted by Gasteiger charge is -2.13. The van der Waals surface area contributed by atoms with Crippen LogP contribution in [0.25, 0.3) is 11.1 Å². The first-order valence-corrected chi connectivity index (χ1v) is 6.86. The number of phenols is 1. The van der Waals surface area contributed by atoms with Crippen molar-refractivity contribution < 1.29 is 9.84 Å². The first-order chi connectivity index (χ1) is 10.2. The fourth-order valence-corrected chi connectivity index (χ4v) is 2.28. The van der Waals surface area contributed by atoms with Crippen LogP contribution in [0.2, 0.25) is 0 Å². The number of phenolic OH excluding ortho intramolecular Hbond substituents is 1. The van der Waals surface area contributed by atoms with Crippen molar-refractivity contribution >= 4 is 0 Å². The SMILES string of the molecule is Cc1cc(O)ccc1Oc1ccccc1-c1ccccc1. The van der Waals surface area contributed by atoms with Gasteiger partial charge in [-0.15, -0.1) is 0 Å². The molecule has 0 aliphatic heterocycles. The van der Waals surface area contributed by atoms with Crippen LogP contribution in [0.1, 0.15) is 5.56 Å². The van der Waals surface area contributed by atoms with Crippen molar-refractivity contribution in [1.82, 2.24) is 0 Å². The van der Waals surface area contributed by atoms with Crippen LogP contribution >= 0.6 is 0 Å². The molecule has 0 saturated carbocycles. The minimum atomic E-state index is 0.246. The topological polar surface area (TPSA) is 29.5 Å². The summed E-state index contributed by atoms with van der Waals surface area (Å²) in [6, 6.07) is 23.2. The molecule has 0 amide bonds. The van der Waals surface area contributed by atoms with E-state index in [4.69, 9.17) is 4.74 Å². The van der Waals surface area contributed by atoms with E-state index in [-0.39, 0.29) is 5.75 Å². The molecule has 0 spiro atoms. The van der Waals surface area contributed by atoms with Crippen LogP contribution in [0.3, 0.4) is 0 Å². The van der Waals surface area contributed by atoms with E-state index in [9.17, 15) is 5.11 Å². The molecule has 0 aliphatic carbocycles. The van der Waals surface area contributed by atoms with Crippen molar-refractivity contribution in [1.29, 1.82) is 0 Å². The van der Waals surface area contributed by atoms with E-state index in [0.29, 0.717) is 0 Å². The van der Waals surface area contributed by atoms with Crippen LogP contribution in [0, 0.1) is 6.92 Å². The average molecular weight is 276 g/mol. The van der Waals surface area contributed by atoms with Crippen LogP contribution in [0.15, 0.2) is 72.8 Å². The van der Waals surface area contributed by atoms with Crippen molar-refractivity contribution in [3.8, 4) is 28.4 Å². The van der Waals surface area contributed by atoms with Crippen LogP contribution in [0.4, 0.5) is 0 Å². The zero-order valence-electron chi connectivity index (χ0n) is 11.8. The summed E-state index contributed by atoms with van der Waals surface area (Å²) in [6.07, 6.45) is 0. The van der Waals surface area contributed by atoms with Crippen molar-refractivity contribution in [3.05, 3.63) is 78.4 Å². The Morgan fingerprint density at radius 2 is 1.48 bits per heavy atom. The second kappa shape index (κ2) is 5.71. The number of aryl methyl sites for hydroxylation is 1. The molecule has 0 aliphatic rings. The molecule has 0 saturated heterocycles. The molecular weight excluding hydrogens is 260 g/mol. The lowest BCUT2D eigenvalue weighted by Crippen LogP contribution is -1.90. The van der Waals surface area contributed by atoms with Crippen molar-refractivity contribution in [2.24, 2.45) is 0 Å². The minimum absolute atomic E-state index is 0.246. The van der Waals surface area contributed by atoms with E-state index < -0.39 is 0 Å². The summed E-state index contributed by atoms with van der Waals surface area (Å²) in [6.45, 7) is 1.92. The second-order valence-electron chi connectivity index (χ2n) is 4.91. The first kappa shape index (κ1) is 13.3. The standard InChI is InChI=1S/C19H16O2/c1-14-13-16(20)11-12-18(14)21-19-10-6-5-9-17(19)15-7-3-2-4-8-15/h2-13,20H,1H3. The molecule has 0 fully saturated rings. The smallest absolute Gasteiger partial charge is 0.135 e. The molecule has 0 heterocycles. The Labute approximate surface area is 124 Å². The molecule has 21 heavy (non-hydrogen) atoms. The molecule has 0 aromatic heterocycles. The summed E-state index contributed by atoms with van der Waals surface area (Å²) in [5.41, 5.74) is 3.06. The summed E-state index contributed by atoms with van der Waals surface area (Å²) >= 11 is 0. The molecule has 3 rings (SSSR count). The zero-order valence-corrected chi connectivity index (χ0v) is 11.8. The highest BCUT2D eigenvalue weighted by atomic mass is 16.5. The van der Waals surface area contributed by atoms with Gasteiger partial charge in [0.1, 0.15) is 17.2 Å². The van der Waals surface area contributed by atoms with E-state index in [0.717, 1.165) is 28.2 Å². The molecular formula is C19H16O2. The van der Waals surface area contributed by atoms with Crippen molar-refractivity contribution in [2.45, 2.75) is 6.92 Å². The van der Waals surface area contributed by atoms with Crippen molar-refractivity contribution in [3.63, 3.8) is 0 Å². The highest BCUT2D eigenvalue weighted by Gasteiger charge is 2.08. The van der Waals surface area contributed by atoms with Crippen LogP contribution in [-0.2, 0) is 0 Å². The van der Waals surface area contributed by atoms with Gasteiger partial charge < -0.3 is 9.84 Å². The third kappa shape index (κ3) is 2.90. The summed E-state index contributed by atoms with van der Waals surface area (Å²) in [5.74, 6) is 1.80. The zero-order chi connectivity index (χ0) is 14.7. The predicted molar refractivity (Wildman–Crippen MR) is 84.8 cm³/mol. The first-order valence-electron chi connectivity index (χ1n) is 6.86. The lowest BCUT2D eigenvalue weighted by molar-refractivity contribution is 0.462. The van der Waals surface area contributed by atoms with E-state index in [1.54, 1.807) is 18.2 Å². The molecule has 3 aromatic carbocycles. The third-order valence-corrected chi connectivity index (χ3v) is 3.35. The number of para-hydroxylation sites is 1. The highest BCUT2D eigenvalue weighted by Crippen LogP contribution is 2.34. The summed E-state index contributed by atoms with van der Waals surface area (Å²) < 4.78 is 6.04. The minimum Gasteiger partial charge on any atom is -0.508 e. The molecule has 0 atom stereocenters. The Kier molecular flexibility index (Phi) is 3.61. The number of ether oxygens (including phenoxy) is 1. The van der Waals surface area contributed by atoms with Gasteiger partial charge in [0.2, 0.25) is 0 Å². The quantitative estimate of drug-likeness (QED) is 0.716. The number of benzene rings is 3. The van der Waals surface area contributed by atoms with Gasteiger partial charge >= 0.3 is 0 Å². The Balaban J connectivity index is 2.00. The fraction of sp³-hybridized carbons (Fsp3) is 0.0526. The van der Waals surface area contributed by atoms with E-state index in [1.807, 2.05) is 49.4 Å². The van der Waals surface area contributed by atoms with Crippen LogP contribution in [0.5, 0.6) is 17.2 Å². The van der Waals surface area contributed by atoms with Gasteiger partial charge in [-0.05, 0) is 42.3 Å². The fourth-order valence-electron chi connectivity index (χ4n) is 2.28. The summed E-state index contributed by atoms with van der Waals surface area (Å²) in [7, 11) is 0. The van der Waals surface area contributed by atoms with Gasteiger partial charge in [-0.2, -0.15) is 0 Å². The van der Waals surface area contributed by atoms with Crippen LogP contribution in [-0.4, -0.2) is 5.11 Å². The number of aromatic hydroxyl groups is 1. The van der Waals surface area contributed by atoms with Gasteiger partial charge in [-0.3, -0.25) is 0 Å². The lowest BCUT2D eigenvalue weighted by atomic mass is 10.0. The van der Waals surface area contributed by atoms with E-state index >= 15 is 0 Å². The third-order valence-electron chi connectivity index (χ3n) is 3.35. The van der Waals surface area contributed by atoms with E-state index in [1.165, 1.54) is 0 Å². The van der Waals surface area contributed by atoms with Gasteiger partial charge in [0.25, 0.3) is 0 Å². The molecule has 2 nitrogen and oxygen atoms in total. The normalized spacial score (nSPS) is 10.3. The van der Waals surface area contributed by atoms with Gasteiger partial charge in [-0.25, -0.2) is 0 Å². The van der Waals surface area contributed by atoms with Gasteiger partial charge in [-0.1, -0.05) is 48.5 Å². The van der Waals surface area contributed by atoms with Gasteiger partial charge in [0.05, 0.1) is 0 Å². The Morgan fingerprint density at radius 3 is 2.24 bits per heavy atom. The maximum absolute atomic E-state index is 9.48. The van der Waals surface area contributed by atoms with Gasteiger partial charge in [0, 0.05) is 5.56 Å². The molecule has 3 aromatic rings. The highest BCUT2D eigenvalue weighted by molar-refractivity contribution is 5.70. The Morgan fingerprint density at radius 1 is 0.762 bits per heavy atom. The maximum Gasteiger partial charge on any atom is 0.135 e. The number of rotatable bonds is 3. The molecule has 104 valence electrons. The van der Waals surface area contributed by atoms with Gasteiger partial charge in [0.15, 0.2) is 0 Å². The Hall–Kier alpha value is -2.74. The Bertz CT molecular complexity index is 749. The number of hydrogen-bond donors (Lipinski definition) is 1. The number of hydrogen-bond acceptors (Lipinski definition) is 2. The molecule has 0 unspecified atom stereocenters. The molecule has 2 heteroatoms. The predicted octanol–water partition coefficient (Wildman–Crippen LogP) is 5.16. The maximum atomic E-state index is 9.48. The molecule has 0 radical (unpaired) electrons. The summed E-state index contributed by atoms with van der Waals surface area (Å²) in [4.78, 5) is 0. The molecule has 0 bridgehead atoms. The average Bonchev–Trinajstić information content (AvgIpc) is 2.51. The second-order valence-corrected chi connectivity index (χ2v) is 4.91. The van der Waals surface area contributed by atoms with Crippen LogP contribution < -0.4 is 4.74 Å².